The third kappa shape index (κ3) is 12.5. The molecule has 0 bridgehead atoms. The van der Waals surface area contributed by atoms with Crippen molar-refractivity contribution in [3.63, 3.8) is 0 Å². The average Bonchev–Trinajstić information content (AvgIpc) is 2.68. The third-order valence-electron chi connectivity index (χ3n) is 7.16. The Labute approximate surface area is 237 Å². The largest absolute Gasteiger partial charge is 0.457 e. The lowest BCUT2D eigenvalue weighted by molar-refractivity contribution is -0.165. The first-order valence-electron chi connectivity index (χ1n) is 13.3. The lowest BCUT2D eigenvalue weighted by atomic mass is 10.0. The van der Waals surface area contributed by atoms with Crippen LogP contribution in [0, 0.1) is 0 Å². The van der Waals surface area contributed by atoms with E-state index in [0.717, 1.165) is 6.92 Å². The van der Waals surface area contributed by atoms with Crippen LogP contribution in [-0.4, -0.2) is 77.5 Å². The molecular weight excluding hydrogens is 538 g/mol. The number of ether oxygens (including phenoxy) is 3. The molecule has 10 nitrogen and oxygen atoms in total. The molecule has 0 fully saturated rings. The summed E-state index contributed by atoms with van der Waals surface area (Å²) in [5.41, 5.74) is -0.855. The zero-order valence-electron chi connectivity index (χ0n) is 26.8. The minimum atomic E-state index is -2.52. The van der Waals surface area contributed by atoms with E-state index in [2.05, 4.69) is 60.0 Å². The zero-order chi connectivity index (χ0) is 31.2. The number of rotatable bonds is 12. The second-order valence-corrected chi connectivity index (χ2v) is 23.5. The first kappa shape index (κ1) is 37.2. The highest BCUT2D eigenvalue weighted by atomic mass is 28.4. The second kappa shape index (κ2) is 13.7. The van der Waals surface area contributed by atoms with E-state index >= 15 is 0 Å². The van der Waals surface area contributed by atoms with E-state index in [0.29, 0.717) is 6.29 Å². The lowest BCUT2D eigenvalue weighted by Crippen LogP contribution is -2.62. The Kier molecular flexibility index (Phi) is 13.1. The highest BCUT2D eigenvalue weighted by molar-refractivity contribution is 6.74. The maximum atomic E-state index is 12.9. The van der Waals surface area contributed by atoms with Crippen molar-refractivity contribution in [1.82, 2.24) is 5.32 Å². The molecule has 0 aliphatic rings. The fraction of sp³-hybridized carbons (Fsp3) is 0.852. The molecule has 12 heteroatoms. The van der Waals surface area contributed by atoms with Crippen molar-refractivity contribution in [1.29, 1.82) is 0 Å². The summed E-state index contributed by atoms with van der Waals surface area (Å²) in [5.74, 6) is -1.41. The van der Waals surface area contributed by atoms with Gasteiger partial charge in [-0.15, -0.1) is 0 Å². The van der Waals surface area contributed by atoms with E-state index in [-0.39, 0.29) is 16.7 Å². The number of carbonyl (C=O) groups is 4. The summed E-state index contributed by atoms with van der Waals surface area (Å²) in [4.78, 5) is 49.4. The summed E-state index contributed by atoms with van der Waals surface area (Å²) in [6.07, 6.45) is -4.12. The topological polar surface area (TPSA) is 126 Å². The minimum absolute atomic E-state index is 0.0269. The molecule has 39 heavy (non-hydrogen) atoms. The molecule has 4 atom stereocenters. The molecule has 0 aromatic rings. The number of hydrogen-bond donors (Lipinski definition) is 1. The molecule has 0 aliphatic heterocycles. The molecule has 0 unspecified atom stereocenters. The second-order valence-electron chi connectivity index (χ2n) is 13.9. The van der Waals surface area contributed by atoms with Gasteiger partial charge in [0, 0.05) is 13.8 Å². The molecule has 0 aromatic carbocycles. The summed E-state index contributed by atoms with van der Waals surface area (Å²) in [6.45, 7) is 28.2. The molecular formula is C27H53NO9Si2. The molecule has 1 N–H and O–H groups in total. The number of hydrogen-bond acceptors (Lipinski definition) is 9. The summed E-state index contributed by atoms with van der Waals surface area (Å²) in [7, 11) is -4.83. The lowest BCUT2D eigenvalue weighted by Gasteiger charge is -2.44. The molecule has 0 saturated carbocycles. The number of alkyl carbamates (subject to hydrolysis) is 1. The standard InChI is InChI=1S/C27H53NO9Si2/c1-18(30)34-20(16-29)22(28-24(32)36-25(3,4)5)23(35-19(2)31)21(37-39(14,15)27(9,10)11)17-33-38(12,13)26(6,7)8/h16,20-23H,17H2,1-15H3,(H,28,32)/t20-,21+,22+,23+/m0/s1. The smallest absolute Gasteiger partial charge is 0.408 e. The predicted molar refractivity (Wildman–Crippen MR) is 156 cm³/mol. The maximum absolute atomic E-state index is 12.9. The number of nitrogens with one attached hydrogen (secondary N) is 1. The fourth-order valence-electron chi connectivity index (χ4n) is 3.00. The molecule has 1 amide bonds. The van der Waals surface area contributed by atoms with E-state index in [1.807, 2.05) is 13.1 Å². The fourth-order valence-corrected chi connectivity index (χ4v) is 5.33. The van der Waals surface area contributed by atoms with Gasteiger partial charge in [-0.05, 0) is 57.0 Å². The Balaban J connectivity index is 6.92. The van der Waals surface area contributed by atoms with Crippen molar-refractivity contribution in [3.05, 3.63) is 0 Å². The molecule has 0 rings (SSSR count). The van der Waals surface area contributed by atoms with Gasteiger partial charge in [-0.3, -0.25) is 14.4 Å². The summed E-state index contributed by atoms with van der Waals surface area (Å²) in [5, 5.41) is 2.26. The number of aldehydes is 1. The van der Waals surface area contributed by atoms with Gasteiger partial charge in [-0.25, -0.2) is 4.79 Å². The van der Waals surface area contributed by atoms with Crippen LogP contribution in [0.15, 0.2) is 0 Å². The van der Waals surface area contributed by atoms with Gasteiger partial charge in [0.2, 0.25) is 0 Å². The zero-order valence-corrected chi connectivity index (χ0v) is 28.8. The molecule has 0 saturated heterocycles. The van der Waals surface area contributed by atoms with Gasteiger partial charge in [-0.2, -0.15) is 0 Å². The van der Waals surface area contributed by atoms with Crippen molar-refractivity contribution in [2.75, 3.05) is 6.61 Å². The van der Waals surface area contributed by atoms with E-state index in [4.69, 9.17) is 23.1 Å². The molecule has 0 aromatic heterocycles. The maximum Gasteiger partial charge on any atom is 0.408 e. The Bertz CT molecular complexity index is 855. The van der Waals surface area contributed by atoms with Crippen LogP contribution in [0.5, 0.6) is 0 Å². The number of esters is 2. The van der Waals surface area contributed by atoms with Crippen LogP contribution >= 0.6 is 0 Å². The van der Waals surface area contributed by atoms with Gasteiger partial charge in [0.25, 0.3) is 0 Å². The highest BCUT2D eigenvalue weighted by Gasteiger charge is 2.48. The normalized spacial score (nSPS) is 16.4. The van der Waals surface area contributed by atoms with E-state index < -0.39 is 64.6 Å². The molecule has 0 radical (unpaired) electrons. The first-order chi connectivity index (χ1) is 17.2. The van der Waals surface area contributed by atoms with Gasteiger partial charge in [0.1, 0.15) is 17.7 Å². The van der Waals surface area contributed by atoms with Crippen LogP contribution in [0.4, 0.5) is 4.79 Å². The van der Waals surface area contributed by atoms with Gasteiger partial charge < -0.3 is 28.4 Å². The first-order valence-corrected chi connectivity index (χ1v) is 19.2. The molecule has 0 heterocycles. The van der Waals surface area contributed by atoms with Gasteiger partial charge in [-0.1, -0.05) is 41.5 Å². The number of amides is 1. The van der Waals surface area contributed by atoms with Crippen molar-refractivity contribution >= 4 is 41.0 Å². The van der Waals surface area contributed by atoms with Crippen LogP contribution in [0.2, 0.25) is 36.3 Å². The summed E-state index contributed by atoms with van der Waals surface area (Å²) >= 11 is 0. The Morgan fingerprint density at radius 1 is 0.795 bits per heavy atom. The molecule has 0 spiro atoms. The quantitative estimate of drug-likeness (QED) is 0.138. The summed E-state index contributed by atoms with van der Waals surface area (Å²) in [6, 6.07) is -1.32. The van der Waals surface area contributed by atoms with Crippen molar-refractivity contribution in [2.24, 2.45) is 0 Å². The van der Waals surface area contributed by atoms with Crippen LogP contribution < -0.4 is 5.32 Å². The molecule has 0 aliphatic carbocycles. The SMILES string of the molecule is CC(=O)O[C@@H]([C@H](NC(=O)OC(C)(C)C)[C@H](C=O)OC(C)=O)[C@@H](CO[Si](C)(C)C(C)(C)C)O[Si](C)(C)C(C)(C)C. The highest BCUT2D eigenvalue weighted by Crippen LogP contribution is 2.40. The Hall–Kier alpha value is -1.77. The monoisotopic (exact) mass is 591 g/mol. The average molecular weight is 592 g/mol. The van der Waals surface area contributed by atoms with Crippen molar-refractivity contribution in [3.8, 4) is 0 Å². The van der Waals surface area contributed by atoms with E-state index in [9.17, 15) is 19.2 Å². The van der Waals surface area contributed by atoms with Crippen molar-refractivity contribution < 1.29 is 42.2 Å². The third-order valence-corrected chi connectivity index (χ3v) is 16.2. The molecule has 228 valence electrons. The number of carbonyl (C=O) groups excluding carboxylic acids is 4. The minimum Gasteiger partial charge on any atom is -0.457 e. The Morgan fingerprint density at radius 2 is 1.26 bits per heavy atom. The van der Waals surface area contributed by atoms with Gasteiger partial charge in [0.15, 0.2) is 35.1 Å². The predicted octanol–water partition coefficient (Wildman–Crippen LogP) is 5.35. The van der Waals surface area contributed by atoms with Crippen LogP contribution in [0.1, 0.15) is 76.2 Å². The van der Waals surface area contributed by atoms with Crippen LogP contribution in [0.25, 0.3) is 0 Å². The van der Waals surface area contributed by atoms with E-state index in [1.54, 1.807) is 20.8 Å². The van der Waals surface area contributed by atoms with Crippen LogP contribution in [0.3, 0.4) is 0 Å². The van der Waals surface area contributed by atoms with Crippen LogP contribution in [-0.2, 0) is 37.4 Å². The Morgan fingerprint density at radius 3 is 1.62 bits per heavy atom. The summed E-state index contributed by atoms with van der Waals surface area (Å²) < 4.78 is 29.7. The van der Waals surface area contributed by atoms with Gasteiger partial charge in [0.05, 0.1) is 6.61 Å². The van der Waals surface area contributed by atoms with E-state index in [1.165, 1.54) is 6.92 Å². The van der Waals surface area contributed by atoms with Crippen molar-refractivity contribution in [2.45, 2.75) is 142 Å². The van der Waals surface area contributed by atoms with Gasteiger partial charge >= 0.3 is 18.0 Å².